The van der Waals surface area contributed by atoms with E-state index in [0.29, 0.717) is 25.5 Å². The Morgan fingerprint density at radius 1 is 1.33 bits per heavy atom. The zero-order valence-corrected chi connectivity index (χ0v) is 11.1. The molecule has 0 radical (unpaired) electrons. The third-order valence-electron chi connectivity index (χ3n) is 2.48. The second-order valence-electron chi connectivity index (χ2n) is 4.69. The van der Waals surface area contributed by atoms with E-state index in [1.807, 2.05) is 44.2 Å². The maximum atomic E-state index is 11.6. The molecule has 1 aromatic carbocycles. The number of rotatable bonds is 7. The van der Waals surface area contributed by atoms with Crippen molar-refractivity contribution in [3.8, 4) is 5.75 Å². The number of amides is 1. The monoisotopic (exact) mass is 250 g/mol. The molecule has 0 fully saturated rings. The molecular weight excluding hydrogens is 228 g/mol. The average molecular weight is 250 g/mol. The summed E-state index contributed by atoms with van der Waals surface area (Å²) in [6.07, 6.45) is 0.700. The highest BCUT2D eigenvalue weighted by atomic mass is 16.5. The number of nitrogens with two attached hydrogens (primary N) is 1. The summed E-state index contributed by atoms with van der Waals surface area (Å²) in [7, 11) is 0. The molecule has 0 saturated heterocycles. The largest absolute Gasteiger partial charge is 0.492 e. The number of ether oxygens (including phenoxy) is 1. The minimum absolute atomic E-state index is 0.111. The maximum absolute atomic E-state index is 11.6. The summed E-state index contributed by atoms with van der Waals surface area (Å²) < 4.78 is 5.46. The fourth-order valence-corrected chi connectivity index (χ4v) is 1.61. The normalized spacial score (nSPS) is 12.2. The van der Waals surface area contributed by atoms with Crippen LogP contribution in [0.5, 0.6) is 5.75 Å². The zero-order valence-electron chi connectivity index (χ0n) is 11.1. The van der Waals surface area contributed by atoms with Gasteiger partial charge in [-0.2, -0.15) is 0 Å². The lowest BCUT2D eigenvalue weighted by molar-refractivity contribution is -0.122. The van der Waals surface area contributed by atoms with Crippen molar-refractivity contribution in [2.45, 2.75) is 26.3 Å². The predicted octanol–water partition coefficient (Wildman–Crippen LogP) is 1.55. The van der Waals surface area contributed by atoms with E-state index in [4.69, 9.17) is 10.5 Å². The lowest BCUT2D eigenvalue weighted by Gasteiger charge is -2.14. The van der Waals surface area contributed by atoms with Gasteiger partial charge in [0.05, 0.1) is 12.6 Å². The summed E-state index contributed by atoms with van der Waals surface area (Å²) in [5.74, 6) is 1.12. The van der Waals surface area contributed by atoms with Gasteiger partial charge in [0.1, 0.15) is 12.4 Å². The molecule has 0 aliphatic heterocycles. The van der Waals surface area contributed by atoms with Gasteiger partial charge < -0.3 is 15.8 Å². The second-order valence-corrected chi connectivity index (χ2v) is 4.69. The molecule has 0 bridgehead atoms. The first-order valence-electron chi connectivity index (χ1n) is 6.30. The predicted molar refractivity (Wildman–Crippen MR) is 72.4 cm³/mol. The van der Waals surface area contributed by atoms with Gasteiger partial charge in [0, 0.05) is 0 Å². The van der Waals surface area contributed by atoms with Gasteiger partial charge in [0.25, 0.3) is 0 Å². The van der Waals surface area contributed by atoms with Gasteiger partial charge in [-0.05, 0) is 24.5 Å². The number of carbonyl (C=O) groups excluding carboxylic acids is 1. The highest BCUT2D eigenvalue weighted by molar-refractivity contribution is 5.81. The lowest BCUT2D eigenvalue weighted by atomic mass is 10.0. The highest BCUT2D eigenvalue weighted by Gasteiger charge is 2.13. The van der Waals surface area contributed by atoms with E-state index in [0.717, 1.165) is 5.75 Å². The molecule has 0 aliphatic carbocycles. The average Bonchev–Trinajstić information content (AvgIpc) is 2.34. The fraction of sp³-hybridized carbons (Fsp3) is 0.500. The minimum atomic E-state index is -0.429. The Morgan fingerprint density at radius 2 is 2.00 bits per heavy atom. The fourth-order valence-electron chi connectivity index (χ4n) is 1.61. The van der Waals surface area contributed by atoms with Crippen LogP contribution in [0.2, 0.25) is 0 Å². The van der Waals surface area contributed by atoms with Crippen molar-refractivity contribution in [3.63, 3.8) is 0 Å². The molecule has 0 heterocycles. The van der Waals surface area contributed by atoms with E-state index in [2.05, 4.69) is 5.32 Å². The third-order valence-corrected chi connectivity index (χ3v) is 2.48. The Balaban J connectivity index is 2.16. The van der Waals surface area contributed by atoms with Crippen molar-refractivity contribution in [3.05, 3.63) is 30.3 Å². The van der Waals surface area contributed by atoms with E-state index in [-0.39, 0.29) is 5.91 Å². The Morgan fingerprint density at radius 3 is 2.61 bits per heavy atom. The Bertz CT molecular complexity index is 352. The summed E-state index contributed by atoms with van der Waals surface area (Å²) in [5, 5.41) is 2.77. The van der Waals surface area contributed by atoms with Crippen LogP contribution in [0.3, 0.4) is 0 Å². The van der Waals surface area contributed by atoms with E-state index < -0.39 is 6.04 Å². The van der Waals surface area contributed by atoms with E-state index in [9.17, 15) is 4.79 Å². The summed E-state index contributed by atoms with van der Waals surface area (Å²) >= 11 is 0. The van der Waals surface area contributed by atoms with Crippen LogP contribution < -0.4 is 15.8 Å². The van der Waals surface area contributed by atoms with Gasteiger partial charge in [0.15, 0.2) is 0 Å². The topological polar surface area (TPSA) is 64.4 Å². The van der Waals surface area contributed by atoms with Crippen molar-refractivity contribution in [2.75, 3.05) is 13.2 Å². The third kappa shape index (κ3) is 5.68. The van der Waals surface area contributed by atoms with E-state index in [1.54, 1.807) is 0 Å². The van der Waals surface area contributed by atoms with Crippen LogP contribution in [0.25, 0.3) is 0 Å². The molecule has 1 aromatic rings. The standard InChI is InChI=1S/C14H22N2O2/c1-11(2)10-13(15)14(17)16-8-9-18-12-6-4-3-5-7-12/h3-7,11,13H,8-10,15H2,1-2H3,(H,16,17). The number of benzene rings is 1. The van der Waals surface area contributed by atoms with E-state index in [1.165, 1.54) is 0 Å². The first kappa shape index (κ1) is 14.5. The molecular formula is C14H22N2O2. The summed E-state index contributed by atoms with van der Waals surface area (Å²) in [6.45, 7) is 5.01. The summed E-state index contributed by atoms with van der Waals surface area (Å²) in [4.78, 5) is 11.6. The molecule has 0 aliphatic rings. The lowest BCUT2D eigenvalue weighted by Crippen LogP contribution is -2.42. The van der Waals surface area contributed by atoms with Gasteiger partial charge in [-0.3, -0.25) is 4.79 Å². The molecule has 4 heteroatoms. The van der Waals surface area contributed by atoms with Gasteiger partial charge in [-0.25, -0.2) is 0 Å². The van der Waals surface area contributed by atoms with Gasteiger partial charge >= 0.3 is 0 Å². The number of nitrogens with one attached hydrogen (secondary N) is 1. The highest BCUT2D eigenvalue weighted by Crippen LogP contribution is 2.07. The Hall–Kier alpha value is -1.55. The van der Waals surface area contributed by atoms with Crippen LogP contribution in [0.1, 0.15) is 20.3 Å². The minimum Gasteiger partial charge on any atom is -0.492 e. The molecule has 0 spiro atoms. The second kappa shape index (κ2) is 7.71. The summed E-state index contributed by atoms with van der Waals surface area (Å²) in [6, 6.07) is 9.08. The molecule has 1 atom stereocenters. The first-order chi connectivity index (χ1) is 8.59. The number of carbonyl (C=O) groups is 1. The SMILES string of the molecule is CC(C)CC(N)C(=O)NCCOc1ccccc1. The molecule has 3 N–H and O–H groups in total. The van der Waals surface area contributed by atoms with Crippen molar-refractivity contribution in [1.82, 2.24) is 5.32 Å². The number of hydrogen-bond donors (Lipinski definition) is 2. The molecule has 1 rings (SSSR count). The quantitative estimate of drug-likeness (QED) is 0.722. The van der Waals surface area contributed by atoms with Gasteiger partial charge in [0.2, 0.25) is 5.91 Å². The molecule has 0 saturated carbocycles. The van der Waals surface area contributed by atoms with Crippen molar-refractivity contribution in [2.24, 2.45) is 11.7 Å². The first-order valence-corrected chi connectivity index (χ1v) is 6.30. The summed E-state index contributed by atoms with van der Waals surface area (Å²) in [5.41, 5.74) is 5.76. The smallest absolute Gasteiger partial charge is 0.237 e. The van der Waals surface area contributed by atoms with Crippen LogP contribution in [0, 0.1) is 5.92 Å². The van der Waals surface area contributed by atoms with E-state index >= 15 is 0 Å². The van der Waals surface area contributed by atoms with Crippen molar-refractivity contribution >= 4 is 5.91 Å². The van der Waals surface area contributed by atoms with Crippen LogP contribution in [-0.4, -0.2) is 25.1 Å². The zero-order chi connectivity index (χ0) is 13.4. The molecule has 1 amide bonds. The number of para-hydroxylation sites is 1. The maximum Gasteiger partial charge on any atom is 0.237 e. The molecule has 0 aromatic heterocycles. The van der Waals surface area contributed by atoms with Crippen LogP contribution in [-0.2, 0) is 4.79 Å². The Labute approximate surface area is 109 Å². The van der Waals surface area contributed by atoms with Crippen molar-refractivity contribution < 1.29 is 9.53 Å². The number of hydrogen-bond acceptors (Lipinski definition) is 3. The van der Waals surface area contributed by atoms with Crippen molar-refractivity contribution in [1.29, 1.82) is 0 Å². The molecule has 18 heavy (non-hydrogen) atoms. The van der Waals surface area contributed by atoms with Crippen LogP contribution in [0.4, 0.5) is 0 Å². The molecule has 100 valence electrons. The molecule has 1 unspecified atom stereocenters. The van der Waals surface area contributed by atoms with Gasteiger partial charge in [-0.15, -0.1) is 0 Å². The Kier molecular flexibility index (Phi) is 6.22. The molecule has 4 nitrogen and oxygen atoms in total. The van der Waals surface area contributed by atoms with Crippen LogP contribution in [0.15, 0.2) is 30.3 Å². The van der Waals surface area contributed by atoms with Gasteiger partial charge in [-0.1, -0.05) is 32.0 Å². The van der Waals surface area contributed by atoms with Crippen LogP contribution >= 0.6 is 0 Å².